The Balaban J connectivity index is 0.000000921. The minimum Gasteiger partial charge on any atom is -0.0817 e. The Hall–Kier alpha value is -0.715. The summed E-state index contributed by atoms with van der Waals surface area (Å²) in [6.07, 6.45) is 3.97. The molecule has 0 atom stereocenters. The van der Waals surface area contributed by atoms with Crippen LogP contribution in [0.1, 0.15) is 39.2 Å². The highest BCUT2D eigenvalue weighted by atomic mass is 13.9. The molecule has 1 aromatic rings. The topological polar surface area (TPSA) is 0 Å². The third kappa shape index (κ3) is 5.06. The van der Waals surface area contributed by atoms with Gasteiger partial charge >= 0.3 is 0 Å². The second kappa shape index (κ2) is 8.58. The molecule has 0 aliphatic heterocycles. The molecule has 0 fully saturated rings. The lowest BCUT2D eigenvalue weighted by atomic mass is 9.43. The van der Waals surface area contributed by atoms with Crippen LogP contribution in [0.4, 0.5) is 0 Å². The molecule has 1 heteroatoms. The first-order chi connectivity index (χ1) is 7.25. The molecule has 0 aliphatic rings. The molecule has 0 heterocycles. The number of rotatable bonds is 4. The monoisotopic (exact) mass is 204 g/mol. The largest absolute Gasteiger partial charge is 0.173 e. The molecule has 0 N–H and O–H groups in total. The van der Waals surface area contributed by atoms with Crippen LogP contribution in [0, 0.1) is 6.92 Å². The van der Waals surface area contributed by atoms with Crippen LogP contribution in [0.5, 0.6) is 0 Å². The predicted molar refractivity (Wildman–Crippen MR) is 73.5 cm³/mol. The van der Waals surface area contributed by atoms with E-state index in [0.29, 0.717) is 0 Å². The molecule has 0 spiro atoms. The van der Waals surface area contributed by atoms with Gasteiger partial charge in [0.1, 0.15) is 0 Å². The van der Waals surface area contributed by atoms with Crippen molar-refractivity contribution in [1.82, 2.24) is 0 Å². The minimum absolute atomic E-state index is 0.723. The Labute approximate surface area is 96.2 Å². The first-order valence-corrected chi connectivity index (χ1v) is 6.31. The highest BCUT2D eigenvalue weighted by molar-refractivity contribution is 6.72. The van der Waals surface area contributed by atoms with Crippen molar-refractivity contribution in [3.05, 3.63) is 29.8 Å². The molecule has 1 aromatic carbocycles. The van der Waals surface area contributed by atoms with Crippen LogP contribution in [-0.4, -0.2) is 6.71 Å². The van der Waals surface area contributed by atoms with Crippen LogP contribution in [0.3, 0.4) is 0 Å². The standard InChI is InChI=1S/C12H19B.C2H6/c1-4-5-10-13(3)12-9-7-6-8-11(12)2;1-2/h6-9H,4-5,10H2,1-3H3;1-2H3. The van der Waals surface area contributed by atoms with E-state index >= 15 is 0 Å². The molecule has 0 nitrogen and oxygen atoms in total. The van der Waals surface area contributed by atoms with E-state index in [0.717, 1.165) is 6.71 Å². The van der Waals surface area contributed by atoms with Gasteiger partial charge in [-0.25, -0.2) is 0 Å². The zero-order valence-electron chi connectivity index (χ0n) is 11.0. The smallest absolute Gasteiger partial charge is 0.0817 e. The third-order valence-corrected chi connectivity index (χ3v) is 2.71. The van der Waals surface area contributed by atoms with E-state index in [-0.39, 0.29) is 0 Å². The van der Waals surface area contributed by atoms with Crippen molar-refractivity contribution in [2.75, 3.05) is 0 Å². The van der Waals surface area contributed by atoms with Crippen LogP contribution in [0.25, 0.3) is 0 Å². The van der Waals surface area contributed by atoms with Gasteiger partial charge in [-0.1, -0.05) is 82.0 Å². The fourth-order valence-electron chi connectivity index (χ4n) is 1.81. The summed E-state index contributed by atoms with van der Waals surface area (Å²) in [5.41, 5.74) is 2.96. The summed E-state index contributed by atoms with van der Waals surface area (Å²) in [4.78, 5) is 0. The molecule has 0 bridgehead atoms. The van der Waals surface area contributed by atoms with Crippen LogP contribution in [0.15, 0.2) is 24.3 Å². The lowest BCUT2D eigenvalue weighted by Crippen LogP contribution is -2.28. The fraction of sp³-hybridized carbons (Fsp3) is 0.571. The van der Waals surface area contributed by atoms with Gasteiger partial charge in [0.2, 0.25) is 0 Å². The minimum atomic E-state index is 0.723. The summed E-state index contributed by atoms with van der Waals surface area (Å²) >= 11 is 0. The Kier molecular flexibility index (Phi) is 8.17. The van der Waals surface area contributed by atoms with Gasteiger partial charge in [0.25, 0.3) is 0 Å². The van der Waals surface area contributed by atoms with Gasteiger partial charge in [0.05, 0.1) is 0 Å². The Bertz CT molecular complexity index is 255. The highest BCUT2D eigenvalue weighted by Crippen LogP contribution is 2.04. The molecule has 0 aromatic heterocycles. The molecule has 0 amide bonds. The summed E-state index contributed by atoms with van der Waals surface area (Å²) < 4.78 is 0. The Morgan fingerprint density at radius 1 is 1.13 bits per heavy atom. The number of hydrogen-bond acceptors (Lipinski definition) is 0. The average molecular weight is 204 g/mol. The van der Waals surface area contributed by atoms with Crippen molar-refractivity contribution < 1.29 is 0 Å². The summed E-state index contributed by atoms with van der Waals surface area (Å²) in [6, 6.07) is 8.73. The normalized spacial score (nSPS) is 9.13. The van der Waals surface area contributed by atoms with Gasteiger partial charge in [-0.15, -0.1) is 0 Å². The quantitative estimate of drug-likeness (QED) is 0.646. The van der Waals surface area contributed by atoms with E-state index < -0.39 is 0 Å². The van der Waals surface area contributed by atoms with E-state index in [1.165, 1.54) is 30.2 Å². The summed E-state index contributed by atoms with van der Waals surface area (Å²) in [7, 11) is 0. The van der Waals surface area contributed by atoms with Crippen molar-refractivity contribution in [3.63, 3.8) is 0 Å². The highest BCUT2D eigenvalue weighted by Gasteiger charge is 2.10. The number of aryl methyl sites for hydroxylation is 1. The van der Waals surface area contributed by atoms with Crippen molar-refractivity contribution in [2.24, 2.45) is 0 Å². The van der Waals surface area contributed by atoms with E-state index in [1.807, 2.05) is 13.8 Å². The van der Waals surface area contributed by atoms with E-state index in [4.69, 9.17) is 0 Å². The Morgan fingerprint density at radius 3 is 2.27 bits per heavy atom. The van der Waals surface area contributed by atoms with Gasteiger partial charge in [0.15, 0.2) is 6.71 Å². The van der Waals surface area contributed by atoms with Gasteiger partial charge in [-0.2, -0.15) is 0 Å². The SMILES string of the molecule is CC.CCCCB(C)c1ccccc1C. The molecule has 0 saturated heterocycles. The van der Waals surface area contributed by atoms with Gasteiger partial charge in [-0.05, 0) is 6.92 Å². The maximum absolute atomic E-state index is 2.33. The molecule has 0 unspecified atom stereocenters. The van der Waals surface area contributed by atoms with Crippen molar-refractivity contribution >= 4 is 12.2 Å². The summed E-state index contributed by atoms with van der Waals surface area (Å²) in [5.74, 6) is 0. The molecule has 15 heavy (non-hydrogen) atoms. The van der Waals surface area contributed by atoms with Gasteiger partial charge in [-0.3, -0.25) is 0 Å². The van der Waals surface area contributed by atoms with Crippen LogP contribution in [-0.2, 0) is 0 Å². The number of unbranched alkanes of at least 4 members (excludes halogenated alkanes) is 1. The third-order valence-electron chi connectivity index (χ3n) is 2.71. The van der Waals surface area contributed by atoms with Gasteiger partial charge < -0.3 is 0 Å². The molecular formula is C14H25B. The van der Waals surface area contributed by atoms with Crippen LogP contribution in [0.2, 0.25) is 13.1 Å². The lowest BCUT2D eigenvalue weighted by Gasteiger charge is -2.10. The van der Waals surface area contributed by atoms with Gasteiger partial charge in [0, 0.05) is 0 Å². The fourth-order valence-corrected chi connectivity index (χ4v) is 1.81. The summed E-state index contributed by atoms with van der Waals surface area (Å²) in [6.45, 7) is 11.5. The molecule has 84 valence electrons. The number of hydrogen-bond donors (Lipinski definition) is 0. The Morgan fingerprint density at radius 2 is 1.73 bits per heavy atom. The second-order valence-electron chi connectivity index (χ2n) is 3.90. The second-order valence-corrected chi connectivity index (χ2v) is 3.90. The zero-order chi connectivity index (χ0) is 11.7. The average Bonchev–Trinajstić information content (AvgIpc) is 2.29. The van der Waals surface area contributed by atoms with Crippen molar-refractivity contribution in [1.29, 1.82) is 0 Å². The zero-order valence-corrected chi connectivity index (χ0v) is 11.0. The molecule has 1 rings (SSSR count). The predicted octanol–water partition coefficient (Wildman–Crippen LogP) is 4.15. The van der Waals surface area contributed by atoms with Crippen molar-refractivity contribution in [3.8, 4) is 0 Å². The molecule has 0 saturated carbocycles. The summed E-state index contributed by atoms with van der Waals surface area (Å²) in [5, 5.41) is 0. The molecule has 0 radical (unpaired) electrons. The van der Waals surface area contributed by atoms with E-state index in [1.54, 1.807) is 0 Å². The van der Waals surface area contributed by atoms with E-state index in [9.17, 15) is 0 Å². The number of benzene rings is 1. The first kappa shape index (κ1) is 14.3. The maximum Gasteiger partial charge on any atom is 0.173 e. The molecule has 0 aliphatic carbocycles. The van der Waals surface area contributed by atoms with Crippen LogP contribution < -0.4 is 5.46 Å². The van der Waals surface area contributed by atoms with Crippen molar-refractivity contribution in [2.45, 2.75) is 53.7 Å². The maximum atomic E-state index is 2.33. The van der Waals surface area contributed by atoms with E-state index in [2.05, 4.69) is 44.9 Å². The van der Waals surface area contributed by atoms with Crippen LogP contribution >= 0.6 is 0 Å². The first-order valence-electron chi connectivity index (χ1n) is 6.31. The molecular weight excluding hydrogens is 179 g/mol. The lowest BCUT2D eigenvalue weighted by molar-refractivity contribution is 0.876.